The molecule has 516 valence electrons. The summed E-state index contributed by atoms with van der Waals surface area (Å²) in [5, 5.41) is 6.29. The molecule has 0 spiro atoms. The van der Waals surface area contributed by atoms with E-state index >= 15 is 0 Å². The van der Waals surface area contributed by atoms with Crippen LogP contribution in [0.15, 0.2) is 132 Å². The summed E-state index contributed by atoms with van der Waals surface area (Å²) in [5.74, 6) is 6.32. The van der Waals surface area contributed by atoms with E-state index < -0.39 is 57.6 Å². The first-order valence-electron chi connectivity index (χ1n) is 32.9. The third kappa shape index (κ3) is 13.1. The van der Waals surface area contributed by atoms with Crippen molar-refractivity contribution >= 4 is 90.5 Å². The van der Waals surface area contributed by atoms with Crippen molar-refractivity contribution in [1.29, 1.82) is 0 Å². The SMILES string of the molecule is COc1cc(-c2cc(OC)cc(C(C)(C)C)c2Op2oc3c(C(C)(C)C)cc(OC)cc3c3cc(OC)cc(C(C)(C)C)c3o2)c(OP2Oc3cccc4cc5cccc(Op6oc7c(C(C)(C)C)cc(OC)cc7c7cc(OC)cc(C(C)(C)C)c7o6)c5c(c34)O2)c(C(C)(C)C)c1. The van der Waals surface area contributed by atoms with E-state index in [2.05, 4.69) is 137 Å². The molecule has 0 aliphatic carbocycles. The molecule has 0 N–H and O–H groups in total. The minimum atomic E-state index is -2.35. The van der Waals surface area contributed by atoms with E-state index in [9.17, 15) is 0 Å². The zero-order valence-electron chi connectivity index (χ0n) is 60.9. The Morgan fingerprint density at radius 2 is 0.622 bits per heavy atom. The predicted octanol–water partition coefficient (Wildman–Crippen LogP) is 24.5. The molecule has 1 aliphatic rings. The lowest BCUT2D eigenvalue weighted by Gasteiger charge is -2.31. The van der Waals surface area contributed by atoms with Crippen LogP contribution >= 0.6 is 25.1 Å². The molecule has 98 heavy (non-hydrogen) atoms. The number of benzene rings is 9. The van der Waals surface area contributed by atoms with Crippen LogP contribution in [-0.4, -0.2) is 42.7 Å². The summed E-state index contributed by atoms with van der Waals surface area (Å²) in [6.45, 7) is 38.7. The number of rotatable bonds is 13. The molecule has 0 saturated heterocycles. The minimum absolute atomic E-state index is 0.400. The molecule has 0 radical (unpaired) electrons. The van der Waals surface area contributed by atoms with Crippen LogP contribution in [0.2, 0.25) is 0 Å². The Labute approximate surface area is 578 Å². The summed E-state index contributed by atoms with van der Waals surface area (Å²) in [5.41, 5.74) is 6.10. The van der Waals surface area contributed by atoms with Crippen LogP contribution in [0.1, 0.15) is 158 Å². The fourth-order valence-corrected chi connectivity index (χ4v) is 16.0. The lowest BCUT2D eigenvalue weighted by molar-refractivity contribution is 0.375. The van der Waals surface area contributed by atoms with Crippen molar-refractivity contribution < 1.29 is 67.8 Å². The molecule has 0 bridgehead atoms. The number of ether oxygens (including phenoxy) is 6. The van der Waals surface area contributed by atoms with Gasteiger partial charge in [-0.1, -0.05) is 149 Å². The fourth-order valence-electron chi connectivity index (χ4n) is 12.7. The van der Waals surface area contributed by atoms with Gasteiger partial charge in [-0.3, -0.25) is 0 Å². The molecule has 11 aromatic rings. The van der Waals surface area contributed by atoms with Gasteiger partial charge in [-0.2, -0.15) is 0 Å². The highest BCUT2D eigenvalue weighted by Crippen LogP contribution is 2.61. The van der Waals surface area contributed by atoms with Crippen LogP contribution < -0.4 is 51.0 Å². The van der Waals surface area contributed by atoms with Crippen molar-refractivity contribution in [3.8, 4) is 74.4 Å². The summed E-state index contributed by atoms with van der Waals surface area (Å²) < 4.78 is 102. The fraction of sp³-hybridized carbons (Fsp3) is 0.375. The van der Waals surface area contributed by atoms with Gasteiger partial charge in [0.25, 0.3) is 0 Å². The zero-order valence-corrected chi connectivity index (χ0v) is 63.6. The highest BCUT2D eigenvalue weighted by atomic mass is 31.2. The molecule has 0 amide bonds. The second kappa shape index (κ2) is 25.4. The molecule has 0 saturated carbocycles. The molecular weight excluding hydrogens is 1290 g/mol. The van der Waals surface area contributed by atoms with Crippen molar-refractivity contribution in [3.05, 3.63) is 149 Å². The largest absolute Gasteiger partial charge is 0.530 e. The van der Waals surface area contributed by atoms with Crippen molar-refractivity contribution in [3.63, 3.8) is 0 Å². The number of methoxy groups -OCH3 is 6. The second-order valence-electron chi connectivity index (χ2n) is 31.2. The molecule has 15 nitrogen and oxygen atoms in total. The van der Waals surface area contributed by atoms with E-state index in [0.717, 1.165) is 71.1 Å². The second-order valence-corrected chi connectivity index (χ2v) is 34.2. The summed E-state index contributed by atoms with van der Waals surface area (Å²) in [7, 11) is 3.08. The third-order valence-electron chi connectivity index (χ3n) is 17.9. The molecule has 12 rings (SSSR count). The summed E-state index contributed by atoms with van der Waals surface area (Å²) in [4.78, 5) is 0. The average molecular weight is 1390 g/mol. The number of hydrogen-bond donors (Lipinski definition) is 0. The van der Waals surface area contributed by atoms with Gasteiger partial charge in [0.1, 0.15) is 79.8 Å². The van der Waals surface area contributed by atoms with Crippen LogP contribution in [-0.2, 0) is 32.5 Å². The molecule has 18 heteroatoms. The van der Waals surface area contributed by atoms with Crippen molar-refractivity contribution in [2.24, 2.45) is 0 Å². The van der Waals surface area contributed by atoms with Gasteiger partial charge in [0.15, 0.2) is 5.75 Å². The van der Waals surface area contributed by atoms with Gasteiger partial charge in [0.05, 0.1) is 53.4 Å². The lowest BCUT2D eigenvalue weighted by atomic mass is 9.81. The quantitative estimate of drug-likeness (QED) is 0.0794. The van der Waals surface area contributed by atoms with E-state index in [1.165, 1.54) is 0 Å². The standard InChI is InChI=1S/C80H91O15P3/c1-75(2,3)58-38-46(81-19)32-52-53-33-47(82-20)39-59(76(4,5)6)69(53)90-96(89-68(52)58)87-64-29-25-27-44-31-45-28-26-30-65-67(45)74(66(44)64)95-97(88-65)91-70-54(34-48(83-21)40-60(70)77(7,8)9)55-35-49(84-22)41-61(78(10,11)12)71(55)92-98-93-72-56(36-50(85-23)42-62(72)79(13,14)15)57-37-51(86-24)43-63(73(57)94-98)80(16,17)18/h25-43H,1-24H3. The lowest BCUT2D eigenvalue weighted by Crippen LogP contribution is -2.16. The Morgan fingerprint density at radius 3 is 0.980 bits per heavy atom. The molecule has 1 unspecified atom stereocenters. The first-order valence-corrected chi connectivity index (χ1v) is 36.2. The van der Waals surface area contributed by atoms with Crippen molar-refractivity contribution in [2.45, 2.75) is 157 Å². The van der Waals surface area contributed by atoms with Gasteiger partial charge in [-0.15, -0.1) is 0 Å². The maximum atomic E-state index is 7.61. The van der Waals surface area contributed by atoms with E-state index in [1.54, 1.807) is 42.7 Å². The van der Waals surface area contributed by atoms with Gasteiger partial charge < -0.3 is 67.8 Å². The highest BCUT2D eigenvalue weighted by molar-refractivity contribution is 7.43. The topological polar surface area (TPSA) is 154 Å². The predicted molar refractivity (Wildman–Crippen MR) is 398 cm³/mol. The number of hydrogen-bond acceptors (Lipinski definition) is 15. The Bertz CT molecular complexity index is 4890. The Morgan fingerprint density at radius 1 is 0.306 bits per heavy atom. The molecule has 2 aromatic heterocycles. The van der Waals surface area contributed by atoms with Gasteiger partial charge in [0.2, 0.25) is 0 Å². The van der Waals surface area contributed by atoms with E-state index in [4.69, 9.17) is 67.8 Å². The van der Waals surface area contributed by atoms with E-state index in [-0.39, 0.29) is 0 Å². The first-order chi connectivity index (χ1) is 46.0. The minimum Gasteiger partial charge on any atom is -0.497 e. The summed E-state index contributed by atoms with van der Waals surface area (Å²) in [6.07, 6.45) is 0. The number of fused-ring (bicyclic) bond motifs is 8. The summed E-state index contributed by atoms with van der Waals surface area (Å²) in [6, 6.07) is 38.1. The normalized spacial score (nSPS) is 13.8. The van der Waals surface area contributed by atoms with Gasteiger partial charge >= 0.3 is 25.1 Å². The van der Waals surface area contributed by atoms with Crippen LogP contribution in [0.25, 0.3) is 76.5 Å². The monoisotopic (exact) mass is 1380 g/mol. The van der Waals surface area contributed by atoms with Gasteiger partial charge in [-0.05, 0) is 134 Å². The Hall–Kier alpha value is -8.47. The molecule has 1 atom stereocenters. The van der Waals surface area contributed by atoms with Crippen LogP contribution in [0.3, 0.4) is 0 Å². The first kappa shape index (κ1) is 69.4. The average Bonchev–Trinajstić information content (AvgIpc) is 1.10. The molecule has 3 heterocycles. The molecular formula is C80H91O15P3. The van der Waals surface area contributed by atoms with E-state index in [0.29, 0.717) is 102 Å². The zero-order chi connectivity index (χ0) is 70.7. The van der Waals surface area contributed by atoms with Gasteiger partial charge in [0, 0.05) is 66.1 Å². The molecule has 0 fully saturated rings. The molecule has 1 aliphatic heterocycles. The smallest absolute Gasteiger partial charge is 0.497 e. The van der Waals surface area contributed by atoms with Crippen molar-refractivity contribution in [2.75, 3.05) is 42.7 Å². The maximum Gasteiger partial charge on any atom is 0.530 e. The van der Waals surface area contributed by atoms with Crippen LogP contribution in [0, 0.1) is 0 Å². The van der Waals surface area contributed by atoms with Crippen LogP contribution in [0.5, 0.6) is 63.2 Å². The van der Waals surface area contributed by atoms with Gasteiger partial charge in [-0.25, -0.2) is 0 Å². The summed E-state index contributed by atoms with van der Waals surface area (Å²) >= 11 is 0. The third-order valence-corrected chi connectivity index (χ3v) is 20.9. The highest BCUT2D eigenvalue weighted by Gasteiger charge is 2.38. The van der Waals surface area contributed by atoms with Crippen molar-refractivity contribution in [1.82, 2.24) is 0 Å². The van der Waals surface area contributed by atoms with E-state index in [1.807, 2.05) is 103 Å². The molecule has 9 aromatic carbocycles. The Balaban J connectivity index is 1.08. The van der Waals surface area contributed by atoms with Crippen LogP contribution in [0.4, 0.5) is 0 Å². The maximum absolute atomic E-state index is 7.61. The Kier molecular flexibility index (Phi) is 18.0.